The second-order valence-corrected chi connectivity index (χ2v) is 4.76. The maximum Gasteiger partial charge on any atom is 0.308 e. The summed E-state index contributed by atoms with van der Waals surface area (Å²) in [7, 11) is 0. The van der Waals surface area contributed by atoms with Gasteiger partial charge in [-0.05, 0) is 17.7 Å². The highest BCUT2D eigenvalue weighted by Crippen LogP contribution is 2.33. The van der Waals surface area contributed by atoms with Crippen LogP contribution in [0.4, 0.5) is 4.39 Å². The number of aliphatic carboxylic acids is 1. The summed E-state index contributed by atoms with van der Waals surface area (Å²) in [5, 5.41) is 9.26. The summed E-state index contributed by atoms with van der Waals surface area (Å²) in [6, 6.07) is 5.82. The Morgan fingerprint density at radius 3 is 2.47 bits per heavy atom. The third-order valence-corrected chi connectivity index (χ3v) is 3.59. The van der Waals surface area contributed by atoms with Crippen LogP contribution >= 0.6 is 0 Å². The molecule has 1 saturated heterocycles. The van der Waals surface area contributed by atoms with E-state index in [1.54, 1.807) is 24.0 Å². The number of carbonyl (C=O) groups excluding carboxylic acids is 1. The Bertz CT molecular complexity index is 486. The lowest BCUT2D eigenvalue weighted by atomic mass is 9.89. The van der Waals surface area contributed by atoms with Gasteiger partial charge in [-0.1, -0.05) is 19.1 Å². The fourth-order valence-corrected chi connectivity index (χ4v) is 2.53. The van der Waals surface area contributed by atoms with E-state index in [0.717, 1.165) is 5.56 Å². The van der Waals surface area contributed by atoms with Gasteiger partial charge in [0.25, 0.3) is 0 Å². The first-order valence-electron chi connectivity index (χ1n) is 6.29. The van der Waals surface area contributed by atoms with Crippen LogP contribution < -0.4 is 0 Å². The van der Waals surface area contributed by atoms with Crippen molar-refractivity contribution in [3.8, 4) is 0 Å². The summed E-state index contributed by atoms with van der Waals surface area (Å²) in [6.45, 7) is 2.36. The van der Waals surface area contributed by atoms with E-state index in [9.17, 15) is 19.1 Å². The van der Waals surface area contributed by atoms with Gasteiger partial charge >= 0.3 is 5.97 Å². The molecule has 2 atom stereocenters. The molecule has 5 heteroatoms. The van der Waals surface area contributed by atoms with Crippen LogP contribution in [0.25, 0.3) is 0 Å². The summed E-state index contributed by atoms with van der Waals surface area (Å²) in [5.74, 6) is -2.21. The number of hydrogen-bond donors (Lipinski definition) is 1. The molecular weight excluding hydrogens is 249 g/mol. The average Bonchev–Trinajstić information content (AvgIpc) is 2.84. The number of hydrogen-bond acceptors (Lipinski definition) is 2. The molecule has 0 bridgehead atoms. The normalized spacial score (nSPS) is 22.5. The number of likely N-dealkylation sites (tertiary alicyclic amines) is 1. The monoisotopic (exact) mass is 265 g/mol. The summed E-state index contributed by atoms with van der Waals surface area (Å²) >= 11 is 0. The van der Waals surface area contributed by atoms with Crippen molar-refractivity contribution in [2.45, 2.75) is 19.3 Å². The minimum absolute atomic E-state index is 0.0455. The van der Waals surface area contributed by atoms with Gasteiger partial charge in [0.15, 0.2) is 0 Å². The number of amides is 1. The molecule has 4 nitrogen and oxygen atoms in total. The van der Waals surface area contributed by atoms with Crippen LogP contribution in [0.3, 0.4) is 0 Å². The molecule has 0 saturated carbocycles. The Kier molecular flexibility index (Phi) is 3.83. The molecule has 19 heavy (non-hydrogen) atoms. The van der Waals surface area contributed by atoms with Crippen molar-refractivity contribution in [3.63, 3.8) is 0 Å². The van der Waals surface area contributed by atoms with Crippen LogP contribution in [-0.4, -0.2) is 35.0 Å². The fourth-order valence-electron chi connectivity index (χ4n) is 2.53. The molecule has 2 rings (SSSR count). The number of carbonyl (C=O) groups is 2. The maximum absolute atomic E-state index is 12.9. The quantitative estimate of drug-likeness (QED) is 0.907. The highest BCUT2D eigenvalue weighted by Gasteiger charge is 2.39. The lowest BCUT2D eigenvalue weighted by Gasteiger charge is -2.15. The molecular formula is C14H16FNO3. The van der Waals surface area contributed by atoms with E-state index >= 15 is 0 Å². The SMILES string of the molecule is CCC(=O)N1C[C@H](C(=O)O)[C@@H](c2ccc(F)cc2)C1. The molecule has 0 radical (unpaired) electrons. The van der Waals surface area contributed by atoms with Crippen molar-refractivity contribution in [3.05, 3.63) is 35.6 Å². The zero-order chi connectivity index (χ0) is 14.0. The minimum Gasteiger partial charge on any atom is -0.481 e. The van der Waals surface area contributed by atoms with Crippen LogP contribution in [0.1, 0.15) is 24.8 Å². The molecule has 0 aromatic heterocycles. The second kappa shape index (κ2) is 5.38. The van der Waals surface area contributed by atoms with E-state index in [2.05, 4.69) is 0 Å². The molecule has 0 aliphatic carbocycles. The first-order chi connectivity index (χ1) is 9.02. The van der Waals surface area contributed by atoms with E-state index in [1.807, 2.05) is 0 Å². The molecule has 0 unspecified atom stereocenters. The molecule has 1 aliphatic rings. The van der Waals surface area contributed by atoms with Crippen LogP contribution in [0.2, 0.25) is 0 Å². The molecule has 102 valence electrons. The van der Waals surface area contributed by atoms with Crippen molar-refractivity contribution < 1.29 is 19.1 Å². The molecule has 1 fully saturated rings. The first-order valence-corrected chi connectivity index (χ1v) is 6.29. The van der Waals surface area contributed by atoms with Crippen LogP contribution in [0.15, 0.2) is 24.3 Å². The number of halogens is 1. The van der Waals surface area contributed by atoms with E-state index in [-0.39, 0.29) is 24.2 Å². The summed E-state index contributed by atoms with van der Waals surface area (Å²) in [5.41, 5.74) is 0.764. The van der Waals surface area contributed by atoms with E-state index in [4.69, 9.17) is 0 Å². The highest BCUT2D eigenvalue weighted by atomic mass is 19.1. The molecule has 0 spiro atoms. The predicted molar refractivity (Wildman–Crippen MR) is 67.1 cm³/mol. The summed E-state index contributed by atoms with van der Waals surface area (Å²) in [4.78, 5) is 24.6. The standard InChI is InChI=1S/C14H16FNO3/c1-2-13(17)16-7-11(12(8-16)14(18)19)9-3-5-10(15)6-4-9/h3-6,11-12H,2,7-8H2,1H3,(H,18,19)/t11-,12+/m1/s1. The third kappa shape index (κ3) is 2.75. The zero-order valence-electron chi connectivity index (χ0n) is 10.7. The zero-order valence-corrected chi connectivity index (χ0v) is 10.7. The van der Waals surface area contributed by atoms with Gasteiger partial charge in [0, 0.05) is 25.4 Å². The van der Waals surface area contributed by atoms with E-state index in [0.29, 0.717) is 13.0 Å². The Morgan fingerprint density at radius 2 is 1.95 bits per heavy atom. The van der Waals surface area contributed by atoms with Gasteiger partial charge in [0.2, 0.25) is 5.91 Å². The van der Waals surface area contributed by atoms with Gasteiger partial charge in [-0.15, -0.1) is 0 Å². The number of carboxylic acid groups (broad SMARTS) is 1. The molecule has 1 amide bonds. The van der Waals surface area contributed by atoms with Gasteiger partial charge in [-0.25, -0.2) is 4.39 Å². The van der Waals surface area contributed by atoms with E-state index in [1.165, 1.54) is 12.1 Å². The van der Waals surface area contributed by atoms with Gasteiger partial charge in [-0.3, -0.25) is 9.59 Å². The van der Waals surface area contributed by atoms with Crippen molar-refractivity contribution in [2.75, 3.05) is 13.1 Å². The lowest BCUT2D eigenvalue weighted by molar-refractivity contribution is -0.141. The van der Waals surface area contributed by atoms with Crippen molar-refractivity contribution in [1.29, 1.82) is 0 Å². The lowest BCUT2D eigenvalue weighted by Crippen LogP contribution is -2.29. The molecule has 1 aromatic rings. The Hall–Kier alpha value is -1.91. The van der Waals surface area contributed by atoms with Crippen LogP contribution in [0.5, 0.6) is 0 Å². The topological polar surface area (TPSA) is 57.6 Å². The smallest absolute Gasteiger partial charge is 0.308 e. The maximum atomic E-state index is 12.9. The van der Waals surface area contributed by atoms with Crippen LogP contribution in [-0.2, 0) is 9.59 Å². The van der Waals surface area contributed by atoms with Crippen molar-refractivity contribution >= 4 is 11.9 Å². The number of nitrogens with zero attached hydrogens (tertiary/aromatic N) is 1. The highest BCUT2D eigenvalue weighted by molar-refractivity contribution is 5.79. The van der Waals surface area contributed by atoms with Crippen molar-refractivity contribution in [1.82, 2.24) is 4.90 Å². The van der Waals surface area contributed by atoms with Gasteiger partial charge in [-0.2, -0.15) is 0 Å². The van der Waals surface area contributed by atoms with Gasteiger partial charge in [0.1, 0.15) is 5.82 Å². The van der Waals surface area contributed by atoms with Gasteiger partial charge < -0.3 is 10.0 Å². The Balaban J connectivity index is 2.24. The van der Waals surface area contributed by atoms with Gasteiger partial charge in [0.05, 0.1) is 5.92 Å². The molecule has 1 N–H and O–H groups in total. The molecule has 1 heterocycles. The second-order valence-electron chi connectivity index (χ2n) is 4.76. The molecule has 1 aromatic carbocycles. The Labute approximate surface area is 110 Å². The third-order valence-electron chi connectivity index (χ3n) is 3.59. The summed E-state index contributed by atoms with van der Waals surface area (Å²) in [6.07, 6.45) is 0.364. The molecule has 1 aliphatic heterocycles. The van der Waals surface area contributed by atoms with E-state index < -0.39 is 11.9 Å². The Morgan fingerprint density at radius 1 is 1.32 bits per heavy atom. The largest absolute Gasteiger partial charge is 0.481 e. The average molecular weight is 265 g/mol. The number of rotatable bonds is 3. The van der Waals surface area contributed by atoms with Crippen molar-refractivity contribution in [2.24, 2.45) is 5.92 Å². The summed E-state index contributed by atoms with van der Waals surface area (Å²) < 4.78 is 12.9. The fraction of sp³-hybridized carbons (Fsp3) is 0.429. The first kappa shape index (κ1) is 13.5. The number of benzene rings is 1. The number of carboxylic acids is 1. The predicted octanol–water partition coefficient (Wildman–Crippen LogP) is 1.86. The minimum atomic E-state index is -0.916. The van der Waals surface area contributed by atoms with Crippen LogP contribution in [0, 0.1) is 11.7 Å².